The second-order valence-electron chi connectivity index (χ2n) is 6.93. The van der Waals surface area contributed by atoms with Crippen LogP contribution in [0.1, 0.15) is 42.7 Å². The smallest absolute Gasteiger partial charge is 0.338 e. The standard InChI is InChI=1S/C23H24ClN3O3S/c1-4-27-14(3)19(22(29)30-5-2)20(26-23(27)31)15-9-11-18(12-10-15)25-21(28)16-7-6-8-17(24)13-16/h6-13,20H,4-5H2,1-3H3,(H,25,28)(H,26,31). The first-order chi connectivity index (χ1) is 14.8. The molecule has 1 amide bonds. The molecule has 1 atom stereocenters. The summed E-state index contributed by atoms with van der Waals surface area (Å²) in [5.41, 5.74) is 3.22. The lowest BCUT2D eigenvalue weighted by atomic mass is 9.95. The minimum Gasteiger partial charge on any atom is -0.463 e. The summed E-state index contributed by atoms with van der Waals surface area (Å²) in [6.45, 7) is 6.54. The third-order valence-electron chi connectivity index (χ3n) is 5.00. The summed E-state index contributed by atoms with van der Waals surface area (Å²) in [6.07, 6.45) is 0. The normalized spacial score (nSPS) is 16.1. The van der Waals surface area contributed by atoms with Crippen LogP contribution in [0.25, 0.3) is 0 Å². The molecule has 8 heteroatoms. The minimum atomic E-state index is -0.438. The number of hydrogen-bond donors (Lipinski definition) is 2. The number of nitrogens with one attached hydrogen (secondary N) is 2. The van der Waals surface area contributed by atoms with Crippen molar-refractivity contribution < 1.29 is 14.3 Å². The number of halogens is 1. The number of anilines is 1. The van der Waals surface area contributed by atoms with E-state index in [1.54, 1.807) is 43.3 Å². The van der Waals surface area contributed by atoms with Gasteiger partial charge in [-0.3, -0.25) is 4.79 Å². The monoisotopic (exact) mass is 457 g/mol. The van der Waals surface area contributed by atoms with Gasteiger partial charge >= 0.3 is 5.97 Å². The highest BCUT2D eigenvalue weighted by Crippen LogP contribution is 2.32. The molecule has 162 valence electrons. The Kier molecular flexibility index (Phi) is 7.30. The number of hydrogen-bond acceptors (Lipinski definition) is 4. The number of carbonyl (C=O) groups excluding carboxylic acids is 2. The molecule has 1 heterocycles. The Bertz CT molecular complexity index is 1040. The topological polar surface area (TPSA) is 70.7 Å². The van der Waals surface area contributed by atoms with Crippen LogP contribution >= 0.6 is 23.8 Å². The summed E-state index contributed by atoms with van der Waals surface area (Å²) < 4.78 is 5.29. The SMILES string of the molecule is CCOC(=O)C1=C(C)N(CC)C(=S)NC1c1ccc(NC(=O)c2cccc(Cl)c2)cc1. The lowest BCUT2D eigenvalue weighted by Crippen LogP contribution is -2.47. The maximum Gasteiger partial charge on any atom is 0.338 e. The van der Waals surface area contributed by atoms with E-state index in [4.69, 9.17) is 28.6 Å². The number of allylic oxidation sites excluding steroid dienone is 1. The van der Waals surface area contributed by atoms with E-state index in [1.165, 1.54) is 0 Å². The zero-order chi connectivity index (χ0) is 22.5. The lowest BCUT2D eigenvalue weighted by Gasteiger charge is -2.37. The van der Waals surface area contributed by atoms with Crippen molar-refractivity contribution in [2.45, 2.75) is 26.8 Å². The van der Waals surface area contributed by atoms with Crippen molar-refractivity contribution in [2.75, 3.05) is 18.5 Å². The Morgan fingerprint density at radius 2 is 1.90 bits per heavy atom. The summed E-state index contributed by atoms with van der Waals surface area (Å²) in [7, 11) is 0. The predicted molar refractivity (Wildman–Crippen MR) is 126 cm³/mol. The summed E-state index contributed by atoms with van der Waals surface area (Å²) in [5.74, 6) is -0.634. The van der Waals surface area contributed by atoms with Crippen LogP contribution in [0.3, 0.4) is 0 Å². The zero-order valence-corrected chi connectivity index (χ0v) is 19.1. The lowest BCUT2D eigenvalue weighted by molar-refractivity contribution is -0.139. The minimum absolute atomic E-state index is 0.256. The predicted octanol–water partition coefficient (Wildman–Crippen LogP) is 4.68. The molecule has 0 aliphatic carbocycles. The molecule has 0 saturated heterocycles. The zero-order valence-electron chi connectivity index (χ0n) is 17.6. The molecule has 31 heavy (non-hydrogen) atoms. The fourth-order valence-corrected chi connectivity index (χ4v) is 4.05. The Morgan fingerprint density at radius 3 is 2.52 bits per heavy atom. The number of ether oxygens (including phenoxy) is 1. The third kappa shape index (κ3) is 5.06. The highest BCUT2D eigenvalue weighted by molar-refractivity contribution is 7.80. The van der Waals surface area contributed by atoms with E-state index in [1.807, 2.05) is 30.9 Å². The average molecular weight is 458 g/mol. The molecule has 3 rings (SSSR count). The van der Waals surface area contributed by atoms with Gasteiger partial charge in [0, 0.05) is 28.5 Å². The molecule has 0 fully saturated rings. The number of amides is 1. The van der Waals surface area contributed by atoms with Gasteiger partial charge in [0.1, 0.15) is 0 Å². The molecule has 0 saturated carbocycles. The fourth-order valence-electron chi connectivity index (χ4n) is 3.48. The van der Waals surface area contributed by atoms with Crippen LogP contribution in [0.4, 0.5) is 5.69 Å². The van der Waals surface area contributed by atoms with Gasteiger partial charge in [0.2, 0.25) is 0 Å². The molecule has 1 aliphatic rings. The van der Waals surface area contributed by atoms with Crippen LogP contribution in [-0.4, -0.2) is 35.0 Å². The van der Waals surface area contributed by atoms with E-state index in [0.29, 0.717) is 33.5 Å². The molecular formula is C23H24ClN3O3S. The van der Waals surface area contributed by atoms with E-state index >= 15 is 0 Å². The first-order valence-corrected chi connectivity index (χ1v) is 10.8. The van der Waals surface area contributed by atoms with Gasteiger partial charge in [0.05, 0.1) is 18.2 Å². The number of nitrogens with zero attached hydrogens (tertiary/aromatic N) is 1. The fraction of sp³-hybridized carbons (Fsp3) is 0.261. The van der Waals surface area contributed by atoms with Crippen LogP contribution in [0, 0.1) is 0 Å². The quantitative estimate of drug-likeness (QED) is 0.484. The largest absolute Gasteiger partial charge is 0.463 e. The van der Waals surface area contributed by atoms with Gasteiger partial charge in [0.25, 0.3) is 5.91 Å². The Labute approximate surface area is 192 Å². The van der Waals surface area contributed by atoms with Gasteiger partial charge < -0.3 is 20.3 Å². The molecule has 6 nitrogen and oxygen atoms in total. The van der Waals surface area contributed by atoms with Gasteiger partial charge in [-0.25, -0.2) is 4.79 Å². The van der Waals surface area contributed by atoms with Crippen LogP contribution in [-0.2, 0) is 9.53 Å². The number of rotatable bonds is 6. The molecule has 0 spiro atoms. The summed E-state index contributed by atoms with van der Waals surface area (Å²) in [5, 5.41) is 7.14. The highest BCUT2D eigenvalue weighted by Gasteiger charge is 2.34. The first-order valence-electron chi connectivity index (χ1n) is 9.98. The van der Waals surface area contributed by atoms with Crippen LogP contribution in [0.15, 0.2) is 59.8 Å². The maximum absolute atomic E-state index is 12.7. The number of carbonyl (C=O) groups is 2. The van der Waals surface area contributed by atoms with E-state index < -0.39 is 6.04 Å². The summed E-state index contributed by atoms with van der Waals surface area (Å²) >= 11 is 11.5. The van der Waals surface area contributed by atoms with Crippen molar-refractivity contribution in [3.05, 3.63) is 76.0 Å². The molecule has 0 aromatic heterocycles. The summed E-state index contributed by atoms with van der Waals surface area (Å²) in [6, 6.07) is 13.6. The molecule has 1 unspecified atom stereocenters. The molecule has 0 bridgehead atoms. The van der Waals surface area contributed by atoms with Gasteiger partial charge in [-0.05, 0) is 68.9 Å². The summed E-state index contributed by atoms with van der Waals surface area (Å²) in [4.78, 5) is 27.0. The number of thiocarbonyl (C=S) groups is 1. The van der Waals surface area contributed by atoms with Crippen molar-refractivity contribution >= 4 is 46.5 Å². The van der Waals surface area contributed by atoms with Crippen molar-refractivity contribution in [3.63, 3.8) is 0 Å². The molecule has 1 aliphatic heterocycles. The maximum atomic E-state index is 12.7. The van der Waals surface area contributed by atoms with E-state index in [9.17, 15) is 9.59 Å². The van der Waals surface area contributed by atoms with Gasteiger partial charge in [-0.2, -0.15) is 0 Å². The second-order valence-corrected chi connectivity index (χ2v) is 7.76. The van der Waals surface area contributed by atoms with Crippen molar-refractivity contribution in [1.82, 2.24) is 10.2 Å². The Morgan fingerprint density at radius 1 is 1.19 bits per heavy atom. The third-order valence-corrected chi connectivity index (χ3v) is 5.57. The molecule has 2 N–H and O–H groups in total. The molecular weight excluding hydrogens is 434 g/mol. The number of esters is 1. The van der Waals surface area contributed by atoms with Crippen molar-refractivity contribution in [3.8, 4) is 0 Å². The van der Waals surface area contributed by atoms with E-state index in [0.717, 1.165) is 11.3 Å². The van der Waals surface area contributed by atoms with Crippen molar-refractivity contribution in [1.29, 1.82) is 0 Å². The highest BCUT2D eigenvalue weighted by atomic mass is 35.5. The van der Waals surface area contributed by atoms with Crippen LogP contribution in [0.2, 0.25) is 5.02 Å². The van der Waals surface area contributed by atoms with Crippen molar-refractivity contribution in [2.24, 2.45) is 0 Å². The van der Waals surface area contributed by atoms with Gasteiger partial charge in [-0.15, -0.1) is 0 Å². The average Bonchev–Trinajstić information content (AvgIpc) is 2.74. The van der Waals surface area contributed by atoms with Gasteiger partial charge in [0.15, 0.2) is 5.11 Å². The first kappa shape index (κ1) is 22.8. The molecule has 0 radical (unpaired) electrons. The number of benzene rings is 2. The van der Waals surface area contributed by atoms with E-state index in [2.05, 4.69) is 10.6 Å². The van der Waals surface area contributed by atoms with E-state index in [-0.39, 0.29) is 18.5 Å². The second kappa shape index (κ2) is 9.94. The van der Waals surface area contributed by atoms with Crippen LogP contribution < -0.4 is 10.6 Å². The Hall–Kier alpha value is -2.90. The van der Waals surface area contributed by atoms with Crippen LogP contribution in [0.5, 0.6) is 0 Å². The molecule has 2 aromatic carbocycles. The van der Waals surface area contributed by atoms with Gasteiger partial charge in [-0.1, -0.05) is 29.8 Å². The molecule has 2 aromatic rings. The Balaban J connectivity index is 1.86.